The quantitative estimate of drug-likeness (QED) is 0.605. The molecular formula is C22H23ClN6O4. The van der Waals surface area contributed by atoms with Gasteiger partial charge in [0.05, 0.1) is 17.3 Å². The number of hydrogen-bond donors (Lipinski definition) is 1. The van der Waals surface area contributed by atoms with E-state index in [0.29, 0.717) is 54.2 Å². The Balaban J connectivity index is 1.41. The van der Waals surface area contributed by atoms with Gasteiger partial charge in [-0.25, -0.2) is 4.68 Å². The van der Waals surface area contributed by atoms with Crippen LogP contribution in [0.1, 0.15) is 21.9 Å². The zero-order valence-electron chi connectivity index (χ0n) is 18.2. The largest absolute Gasteiger partial charge is 0.360 e. The number of amides is 2. The normalized spacial score (nSPS) is 14.3. The van der Waals surface area contributed by atoms with E-state index in [0.717, 1.165) is 0 Å². The molecule has 33 heavy (non-hydrogen) atoms. The number of rotatable bonds is 5. The number of benzene rings is 1. The Bertz CT molecular complexity index is 1250. The number of carbonyl (C=O) groups is 2. The van der Waals surface area contributed by atoms with Gasteiger partial charge in [0, 0.05) is 44.0 Å². The molecule has 3 heterocycles. The molecule has 1 N–H and O–H groups in total. The molecule has 0 radical (unpaired) electrons. The van der Waals surface area contributed by atoms with Gasteiger partial charge in [0.15, 0.2) is 11.5 Å². The summed E-state index contributed by atoms with van der Waals surface area (Å²) in [5.41, 5.74) is 0.560. The van der Waals surface area contributed by atoms with Crippen LogP contribution in [0.15, 0.2) is 45.7 Å². The topological polar surface area (TPSA) is 114 Å². The number of piperazine rings is 1. The van der Waals surface area contributed by atoms with Crippen LogP contribution in [0.3, 0.4) is 0 Å². The van der Waals surface area contributed by atoms with E-state index in [1.165, 1.54) is 10.7 Å². The molecule has 4 rings (SSSR count). The number of halogens is 1. The number of hydrogen-bond acceptors (Lipinski definition) is 7. The standard InChI is InChI=1S/C22H23ClN6O4/c1-14-11-18(30)21(25-29(14)17-6-4-3-5-16(17)23)22(32)28-9-7-27(8-10-28)13-20(31)24-19-12-15(2)33-26-19/h3-6,11-12H,7-10,13H2,1-2H3,(H,24,26,31). The molecule has 2 amide bonds. The van der Waals surface area contributed by atoms with Gasteiger partial charge in [0.1, 0.15) is 5.76 Å². The Morgan fingerprint density at radius 1 is 1.12 bits per heavy atom. The number of anilines is 1. The van der Waals surface area contributed by atoms with Gasteiger partial charge in [0.2, 0.25) is 11.3 Å². The lowest BCUT2D eigenvalue weighted by molar-refractivity contribution is -0.117. The van der Waals surface area contributed by atoms with E-state index >= 15 is 0 Å². The lowest BCUT2D eigenvalue weighted by Crippen LogP contribution is -2.51. The van der Waals surface area contributed by atoms with Crippen molar-refractivity contribution in [1.29, 1.82) is 0 Å². The lowest BCUT2D eigenvalue weighted by Gasteiger charge is -2.34. The van der Waals surface area contributed by atoms with Gasteiger partial charge in [0.25, 0.3) is 5.91 Å². The van der Waals surface area contributed by atoms with E-state index in [1.54, 1.807) is 49.1 Å². The van der Waals surface area contributed by atoms with Gasteiger partial charge in [-0.1, -0.05) is 28.9 Å². The van der Waals surface area contributed by atoms with Gasteiger partial charge >= 0.3 is 0 Å². The molecule has 1 saturated heterocycles. The van der Waals surface area contributed by atoms with Crippen LogP contribution in [-0.4, -0.2) is 69.3 Å². The third-order valence-corrected chi connectivity index (χ3v) is 5.63. The average Bonchev–Trinajstić information content (AvgIpc) is 3.19. The molecule has 10 nitrogen and oxygen atoms in total. The fraction of sp³-hybridized carbons (Fsp3) is 0.318. The lowest BCUT2D eigenvalue weighted by atomic mass is 10.2. The second-order valence-corrected chi connectivity index (χ2v) is 8.21. The Morgan fingerprint density at radius 2 is 1.85 bits per heavy atom. The number of carbonyl (C=O) groups excluding carboxylic acids is 2. The predicted molar refractivity (Wildman–Crippen MR) is 122 cm³/mol. The first-order valence-corrected chi connectivity index (χ1v) is 10.8. The maximum atomic E-state index is 13.1. The molecule has 1 aromatic carbocycles. The molecule has 0 spiro atoms. The number of nitrogens with one attached hydrogen (secondary N) is 1. The summed E-state index contributed by atoms with van der Waals surface area (Å²) in [6.07, 6.45) is 0. The number of aryl methyl sites for hydroxylation is 2. The first kappa shape index (κ1) is 22.7. The summed E-state index contributed by atoms with van der Waals surface area (Å²) < 4.78 is 6.44. The number of para-hydroxylation sites is 1. The molecule has 0 unspecified atom stereocenters. The third kappa shape index (κ3) is 5.12. The summed E-state index contributed by atoms with van der Waals surface area (Å²) in [7, 11) is 0. The van der Waals surface area contributed by atoms with Gasteiger partial charge in [-0.05, 0) is 26.0 Å². The monoisotopic (exact) mass is 470 g/mol. The molecule has 0 atom stereocenters. The summed E-state index contributed by atoms with van der Waals surface area (Å²) in [5.74, 6) is 0.316. The van der Waals surface area contributed by atoms with Crippen molar-refractivity contribution in [1.82, 2.24) is 24.7 Å². The van der Waals surface area contributed by atoms with Crippen molar-refractivity contribution in [2.45, 2.75) is 13.8 Å². The fourth-order valence-corrected chi connectivity index (χ4v) is 3.85. The highest BCUT2D eigenvalue weighted by Gasteiger charge is 2.26. The van der Waals surface area contributed by atoms with E-state index in [9.17, 15) is 14.4 Å². The number of aromatic nitrogens is 3. The average molecular weight is 471 g/mol. The van der Waals surface area contributed by atoms with Crippen molar-refractivity contribution in [3.8, 4) is 5.69 Å². The molecule has 0 aliphatic carbocycles. The summed E-state index contributed by atoms with van der Waals surface area (Å²) in [4.78, 5) is 41.3. The van der Waals surface area contributed by atoms with Crippen molar-refractivity contribution in [3.63, 3.8) is 0 Å². The van der Waals surface area contributed by atoms with Crippen molar-refractivity contribution in [3.05, 3.63) is 68.8 Å². The van der Waals surface area contributed by atoms with E-state index in [2.05, 4.69) is 15.6 Å². The van der Waals surface area contributed by atoms with Crippen molar-refractivity contribution < 1.29 is 14.1 Å². The van der Waals surface area contributed by atoms with Crippen molar-refractivity contribution >= 4 is 29.2 Å². The Labute approximate surface area is 194 Å². The van der Waals surface area contributed by atoms with Crippen LogP contribution in [0.2, 0.25) is 5.02 Å². The molecule has 1 aliphatic heterocycles. The summed E-state index contributed by atoms with van der Waals surface area (Å²) >= 11 is 6.28. The molecule has 1 aliphatic rings. The van der Waals surface area contributed by atoms with E-state index < -0.39 is 11.3 Å². The Hall–Kier alpha value is -3.50. The van der Waals surface area contributed by atoms with Crippen LogP contribution in [0.5, 0.6) is 0 Å². The maximum Gasteiger partial charge on any atom is 0.278 e. The maximum absolute atomic E-state index is 13.1. The molecule has 172 valence electrons. The van der Waals surface area contributed by atoms with Crippen LogP contribution in [-0.2, 0) is 4.79 Å². The van der Waals surface area contributed by atoms with Crippen LogP contribution < -0.4 is 10.7 Å². The molecule has 1 fully saturated rings. The van der Waals surface area contributed by atoms with E-state index in [4.69, 9.17) is 16.1 Å². The smallest absolute Gasteiger partial charge is 0.278 e. The SMILES string of the molecule is Cc1cc(NC(=O)CN2CCN(C(=O)c3nn(-c4ccccc4Cl)c(C)cc3=O)CC2)no1. The Morgan fingerprint density at radius 3 is 2.52 bits per heavy atom. The molecule has 2 aromatic heterocycles. The zero-order chi connectivity index (χ0) is 23.5. The highest BCUT2D eigenvalue weighted by atomic mass is 35.5. The zero-order valence-corrected chi connectivity index (χ0v) is 19.0. The second kappa shape index (κ2) is 9.55. The fourth-order valence-electron chi connectivity index (χ4n) is 3.63. The minimum absolute atomic E-state index is 0.159. The van der Waals surface area contributed by atoms with Crippen LogP contribution in [0, 0.1) is 13.8 Å². The van der Waals surface area contributed by atoms with Gasteiger partial charge in [-0.15, -0.1) is 0 Å². The van der Waals surface area contributed by atoms with Gasteiger partial charge in [-0.3, -0.25) is 19.3 Å². The minimum Gasteiger partial charge on any atom is -0.360 e. The van der Waals surface area contributed by atoms with Gasteiger partial charge in [-0.2, -0.15) is 5.10 Å². The molecule has 0 bridgehead atoms. The molecule has 3 aromatic rings. The summed E-state index contributed by atoms with van der Waals surface area (Å²) in [5, 5.41) is 11.2. The third-order valence-electron chi connectivity index (χ3n) is 5.31. The Kier molecular flexibility index (Phi) is 6.57. The highest BCUT2D eigenvalue weighted by molar-refractivity contribution is 6.32. The van der Waals surface area contributed by atoms with Crippen LogP contribution in [0.4, 0.5) is 5.82 Å². The summed E-state index contributed by atoms with van der Waals surface area (Å²) in [6.45, 7) is 5.35. The van der Waals surface area contributed by atoms with Crippen LogP contribution >= 0.6 is 11.6 Å². The molecule has 11 heteroatoms. The first-order valence-electron chi connectivity index (χ1n) is 10.4. The van der Waals surface area contributed by atoms with Gasteiger partial charge < -0.3 is 14.7 Å². The summed E-state index contributed by atoms with van der Waals surface area (Å²) in [6, 6.07) is 10.1. The second-order valence-electron chi connectivity index (χ2n) is 7.80. The van der Waals surface area contributed by atoms with Crippen LogP contribution in [0.25, 0.3) is 5.69 Å². The molecular weight excluding hydrogens is 448 g/mol. The first-order chi connectivity index (χ1) is 15.8. The molecule has 0 saturated carbocycles. The van der Waals surface area contributed by atoms with E-state index in [1.807, 2.05) is 4.90 Å². The van der Waals surface area contributed by atoms with Crippen molar-refractivity contribution in [2.24, 2.45) is 0 Å². The number of nitrogens with zero attached hydrogens (tertiary/aromatic N) is 5. The predicted octanol–water partition coefficient (Wildman–Crippen LogP) is 1.89. The van der Waals surface area contributed by atoms with E-state index in [-0.39, 0.29) is 18.1 Å². The van der Waals surface area contributed by atoms with Crippen molar-refractivity contribution in [2.75, 3.05) is 38.0 Å². The minimum atomic E-state index is -0.442. The highest BCUT2D eigenvalue weighted by Crippen LogP contribution is 2.20.